The summed E-state index contributed by atoms with van der Waals surface area (Å²) in [4.78, 5) is 17.0. The molecule has 1 N–H and O–H groups in total. The molecule has 0 aliphatic heterocycles. The van der Waals surface area contributed by atoms with Crippen LogP contribution in [0.2, 0.25) is 5.02 Å². The lowest BCUT2D eigenvalue weighted by molar-refractivity contribution is -0.113. The van der Waals surface area contributed by atoms with Crippen LogP contribution in [0.5, 0.6) is 0 Å². The topological polar surface area (TPSA) is 46.9 Å². The highest BCUT2D eigenvalue weighted by Gasteiger charge is 2.15. The Morgan fingerprint density at radius 1 is 1.00 bits per heavy atom. The van der Waals surface area contributed by atoms with Crippen LogP contribution >= 0.6 is 23.4 Å². The summed E-state index contributed by atoms with van der Waals surface area (Å²) in [5, 5.41) is 4.29. The minimum atomic E-state index is -0.0955. The highest BCUT2D eigenvalue weighted by Crippen LogP contribution is 2.30. The molecular formula is C24H20ClN3OS. The van der Waals surface area contributed by atoms with Crippen LogP contribution in [0.25, 0.3) is 16.9 Å². The van der Waals surface area contributed by atoms with E-state index >= 15 is 0 Å². The van der Waals surface area contributed by atoms with Gasteiger partial charge in [-0.25, -0.2) is 4.98 Å². The Bertz CT molecular complexity index is 1140. The van der Waals surface area contributed by atoms with Crippen molar-refractivity contribution >= 4 is 35.0 Å². The number of halogens is 1. The first-order valence-corrected chi connectivity index (χ1v) is 10.8. The zero-order valence-corrected chi connectivity index (χ0v) is 18.0. The van der Waals surface area contributed by atoms with E-state index in [1.165, 1.54) is 17.3 Å². The first-order valence-electron chi connectivity index (χ1n) is 9.48. The molecule has 3 aromatic carbocycles. The minimum Gasteiger partial charge on any atom is -0.325 e. The molecule has 4 nitrogen and oxygen atoms in total. The number of thioether (sulfide) groups is 1. The van der Waals surface area contributed by atoms with Crippen molar-refractivity contribution in [2.24, 2.45) is 0 Å². The van der Waals surface area contributed by atoms with Gasteiger partial charge in [-0.1, -0.05) is 71.4 Å². The van der Waals surface area contributed by atoms with Crippen molar-refractivity contribution in [3.05, 3.63) is 95.6 Å². The summed E-state index contributed by atoms with van der Waals surface area (Å²) in [6.07, 6.45) is 1.86. The fraction of sp³-hybridized carbons (Fsp3) is 0.0833. The number of anilines is 1. The van der Waals surface area contributed by atoms with E-state index < -0.39 is 0 Å². The second kappa shape index (κ2) is 9.20. The Labute approximate surface area is 184 Å². The van der Waals surface area contributed by atoms with Crippen LogP contribution in [0, 0.1) is 6.92 Å². The highest BCUT2D eigenvalue weighted by molar-refractivity contribution is 7.99. The lowest BCUT2D eigenvalue weighted by Crippen LogP contribution is -2.14. The molecule has 1 aromatic heterocycles. The van der Waals surface area contributed by atoms with Gasteiger partial charge >= 0.3 is 0 Å². The van der Waals surface area contributed by atoms with Crippen molar-refractivity contribution in [2.75, 3.05) is 11.1 Å². The fourth-order valence-corrected chi connectivity index (χ4v) is 3.97. The molecule has 0 aliphatic carbocycles. The van der Waals surface area contributed by atoms with E-state index in [0.717, 1.165) is 27.8 Å². The standard InChI is InChI=1S/C24H20ClN3OS/c1-17-7-9-18(10-8-17)22-15-26-24(28(22)21-5-3-2-4-6-21)30-16-23(29)27-20-13-11-19(25)12-14-20/h2-15H,16H2,1H3,(H,27,29). The van der Waals surface area contributed by atoms with E-state index in [4.69, 9.17) is 11.6 Å². The number of hydrogen-bond acceptors (Lipinski definition) is 3. The first-order chi connectivity index (χ1) is 14.6. The minimum absolute atomic E-state index is 0.0955. The molecule has 4 rings (SSSR count). The smallest absolute Gasteiger partial charge is 0.234 e. The monoisotopic (exact) mass is 433 g/mol. The van der Waals surface area contributed by atoms with Gasteiger partial charge in [-0.05, 0) is 43.3 Å². The fourth-order valence-electron chi connectivity index (χ4n) is 3.05. The van der Waals surface area contributed by atoms with E-state index in [1.54, 1.807) is 24.3 Å². The van der Waals surface area contributed by atoms with Crippen LogP contribution in [0.3, 0.4) is 0 Å². The Balaban J connectivity index is 1.57. The van der Waals surface area contributed by atoms with Gasteiger partial charge < -0.3 is 5.32 Å². The Morgan fingerprint density at radius 2 is 1.70 bits per heavy atom. The molecule has 0 atom stereocenters. The largest absolute Gasteiger partial charge is 0.325 e. The molecule has 150 valence electrons. The van der Waals surface area contributed by atoms with Gasteiger partial charge in [-0.2, -0.15) is 0 Å². The number of aromatic nitrogens is 2. The van der Waals surface area contributed by atoms with Crippen molar-refractivity contribution in [3.8, 4) is 16.9 Å². The predicted molar refractivity (Wildman–Crippen MR) is 125 cm³/mol. The van der Waals surface area contributed by atoms with Gasteiger partial charge in [0, 0.05) is 22.0 Å². The van der Waals surface area contributed by atoms with Gasteiger partial charge in [0.2, 0.25) is 5.91 Å². The number of para-hydroxylation sites is 1. The normalized spacial score (nSPS) is 10.7. The molecule has 0 saturated heterocycles. The molecular weight excluding hydrogens is 414 g/mol. The number of carbonyl (C=O) groups excluding carboxylic acids is 1. The summed E-state index contributed by atoms with van der Waals surface area (Å²) < 4.78 is 2.09. The summed E-state index contributed by atoms with van der Waals surface area (Å²) in [5.41, 5.74) is 5.00. The molecule has 0 radical (unpaired) electrons. The number of amides is 1. The van der Waals surface area contributed by atoms with Gasteiger partial charge in [-0.3, -0.25) is 9.36 Å². The summed E-state index contributed by atoms with van der Waals surface area (Å²) in [6, 6.07) is 25.5. The molecule has 6 heteroatoms. The van der Waals surface area contributed by atoms with Crippen molar-refractivity contribution in [2.45, 2.75) is 12.1 Å². The number of hydrogen-bond donors (Lipinski definition) is 1. The Hall–Kier alpha value is -3.02. The summed E-state index contributed by atoms with van der Waals surface area (Å²) in [5.74, 6) is 0.154. The van der Waals surface area contributed by atoms with E-state index in [-0.39, 0.29) is 11.7 Å². The third-order valence-electron chi connectivity index (χ3n) is 4.55. The third-order valence-corrected chi connectivity index (χ3v) is 5.76. The molecule has 0 unspecified atom stereocenters. The Kier molecular flexibility index (Phi) is 6.21. The molecule has 4 aromatic rings. The number of nitrogens with one attached hydrogen (secondary N) is 1. The van der Waals surface area contributed by atoms with E-state index in [2.05, 4.69) is 46.1 Å². The van der Waals surface area contributed by atoms with E-state index in [1.807, 2.05) is 36.5 Å². The number of aryl methyl sites for hydroxylation is 1. The van der Waals surface area contributed by atoms with Gasteiger partial charge in [0.1, 0.15) is 0 Å². The molecule has 0 fully saturated rings. The second-order valence-corrected chi connectivity index (χ2v) is 8.19. The van der Waals surface area contributed by atoms with Crippen molar-refractivity contribution in [1.82, 2.24) is 9.55 Å². The molecule has 0 aliphatic rings. The van der Waals surface area contributed by atoms with Crippen molar-refractivity contribution < 1.29 is 4.79 Å². The Morgan fingerprint density at radius 3 is 2.40 bits per heavy atom. The third kappa shape index (κ3) is 4.75. The molecule has 0 bridgehead atoms. The maximum atomic E-state index is 12.4. The van der Waals surface area contributed by atoms with Crippen LogP contribution in [0.4, 0.5) is 5.69 Å². The summed E-state index contributed by atoms with van der Waals surface area (Å²) >= 11 is 7.30. The van der Waals surface area contributed by atoms with Crippen molar-refractivity contribution in [3.63, 3.8) is 0 Å². The van der Waals surface area contributed by atoms with Gasteiger partial charge in [-0.15, -0.1) is 0 Å². The second-order valence-electron chi connectivity index (χ2n) is 6.81. The van der Waals surface area contributed by atoms with Crippen LogP contribution in [-0.4, -0.2) is 21.2 Å². The van der Waals surface area contributed by atoms with E-state index in [0.29, 0.717) is 5.02 Å². The zero-order chi connectivity index (χ0) is 20.9. The summed E-state index contributed by atoms with van der Waals surface area (Å²) in [7, 11) is 0. The maximum Gasteiger partial charge on any atom is 0.234 e. The zero-order valence-electron chi connectivity index (χ0n) is 16.4. The SMILES string of the molecule is Cc1ccc(-c2cnc(SCC(=O)Nc3ccc(Cl)cc3)n2-c2ccccc2)cc1. The maximum absolute atomic E-state index is 12.4. The predicted octanol–water partition coefficient (Wildman–Crippen LogP) is 6.23. The number of benzene rings is 3. The molecule has 1 heterocycles. The van der Waals surface area contributed by atoms with Crippen LogP contribution < -0.4 is 5.32 Å². The summed E-state index contributed by atoms with van der Waals surface area (Å²) in [6.45, 7) is 2.07. The van der Waals surface area contributed by atoms with Gasteiger partial charge in [0.25, 0.3) is 0 Å². The highest BCUT2D eigenvalue weighted by atomic mass is 35.5. The molecule has 0 saturated carbocycles. The number of rotatable bonds is 6. The van der Waals surface area contributed by atoms with E-state index in [9.17, 15) is 4.79 Å². The number of imidazole rings is 1. The molecule has 1 amide bonds. The van der Waals surface area contributed by atoms with Crippen molar-refractivity contribution in [1.29, 1.82) is 0 Å². The lowest BCUT2D eigenvalue weighted by atomic mass is 10.1. The quantitative estimate of drug-likeness (QED) is 0.366. The first kappa shape index (κ1) is 20.3. The number of nitrogens with zero attached hydrogens (tertiary/aromatic N) is 2. The molecule has 30 heavy (non-hydrogen) atoms. The van der Waals surface area contributed by atoms with Crippen LogP contribution in [-0.2, 0) is 4.79 Å². The lowest BCUT2D eigenvalue weighted by Gasteiger charge is -2.12. The van der Waals surface area contributed by atoms with Crippen LogP contribution in [0.1, 0.15) is 5.56 Å². The average molecular weight is 434 g/mol. The van der Waals surface area contributed by atoms with Gasteiger partial charge in [0.15, 0.2) is 5.16 Å². The van der Waals surface area contributed by atoms with Crippen LogP contribution in [0.15, 0.2) is 90.2 Å². The number of carbonyl (C=O) groups is 1. The van der Waals surface area contributed by atoms with Gasteiger partial charge in [0.05, 0.1) is 17.6 Å². The average Bonchev–Trinajstić information content (AvgIpc) is 3.19. The molecule has 0 spiro atoms.